The van der Waals surface area contributed by atoms with Gasteiger partial charge in [0.25, 0.3) is 0 Å². The van der Waals surface area contributed by atoms with Crippen LogP contribution < -0.4 is 0 Å². The smallest absolute Gasteiger partial charge is 0.155 e. The normalized spacial score (nSPS) is 45.1. The van der Waals surface area contributed by atoms with Gasteiger partial charge in [-0.2, -0.15) is 0 Å². The van der Waals surface area contributed by atoms with E-state index in [1.165, 1.54) is 0 Å². The van der Waals surface area contributed by atoms with Crippen molar-refractivity contribution in [3.63, 3.8) is 0 Å². The van der Waals surface area contributed by atoms with Crippen molar-refractivity contribution >= 4 is 0 Å². The molecule has 92 valence electrons. The van der Waals surface area contributed by atoms with Crippen LogP contribution in [0.4, 0.5) is 0 Å². The summed E-state index contributed by atoms with van der Waals surface area (Å²) >= 11 is 0. The lowest BCUT2D eigenvalue weighted by atomic mass is 9.91. The van der Waals surface area contributed by atoms with Crippen LogP contribution in [-0.4, -0.2) is 39.9 Å². The van der Waals surface area contributed by atoms with Gasteiger partial charge in [-0.1, -0.05) is 19.1 Å². The van der Waals surface area contributed by atoms with Crippen LogP contribution in [-0.2, 0) is 4.74 Å². The third kappa shape index (κ3) is 2.30. The summed E-state index contributed by atoms with van der Waals surface area (Å²) in [5, 5.41) is 28.7. The molecule has 0 radical (unpaired) electrons. The fraction of sp³-hybridized carbons (Fsp3) is 0.833. The average Bonchev–Trinajstić information content (AvgIpc) is 2.71. The molecule has 2 fully saturated rings. The SMILES string of the molecule is CC[C@H](O)/C=C/[C@H]1C(O)C[C@@H]2OC(O)C[C@@H]21. The predicted octanol–water partition coefficient (Wildman–Crippen LogP) is 0.418. The van der Waals surface area contributed by atoms with Gasteiger partial charge in [0.1, 0.15) is 0 Å². The molecule has 2 unspecified atom stereocenters. The topological polar surface area (TPSA) is 69.9 Å². The number of rotatable bonds is 3. The molecule has 1 saturated carbocycles. The van der Waals surface area contributed by atoms with Crippen molar-refractivity contribution in [2.45, 2.75) is 50.8 Å². The molecule has 4 nitrogen and oxygen atoms in total. The van der Waals surface area contributed by atoms with E-state index >= 15 is 0 Å². The van der Waals surface area contributed by atoms with Gasteiger partial charge in [-0.05, 0) is 12.3 Å². The second kappa shape index (κ2) is 4.84. The first-order valence-electron chi connectivity index (χ1n) is 5.99. The van der Waals surface area contributed by atoms with E-state index in [1.807, 2.05) is 13.0 Å². The van der Waals surface area contributed by atoms with E-state index in [1.54, 1.807) is 6.08 Å². The fourth-order valence-electron chi connectivity index (χ4n) is 2.72. The van der Waals surface area contributed by atoms with Gasteiger partial charge in [0, 0.05) is 18.8 Å². The minimum atomic E-state index is -0.686. The summed E-state index contributed by atoms with van der Waals surface area (Å²) in [6.07, 6.45) is 3.88. The highest BCUT2D eigenvalue weighted by Gasteiger charge is 2.47. The molecule has 0 aromatic heterocycles. The molecule has 6 atom stereocenters. The largest absolute Gasteiger partial charge is 0.392 e. The third-order valence-electron chi connectivity index (χ3n) is 3.67. The lowest BCUT2D eigenvalue weighted by Crippen LogP contribution is -2.19. The summed E-state index contributed by atoms with van der Waals surface area (Å²) in [5.74, 6) is 0.189. The molecule has 2 rings (SSSR count). The molecule has 0 aromatic carbocycles. The Hall–Kier alpha value is -0.420. The zero-order valence-electron chi connectivity index (χ0n) is 9.49. The van der Waals surface area contributed by atoms with Crippen molar-refractivity contribution in [1.82, 2.24) is 0 Å². The van der Waals surface area contributed by atoms with Gasteiger partial charge >= 0.3 is 0 Å². The number of hydrogen-bond acceptors (Lipinski definition) is 4. The molecule has 1 aliphatic heterocycles. The second-order valence-corrected chi connectivity index (χ2v) is 4.77. The average molecular weight is 228 g/mol. The summed E-state index contributed by atoms with van der Waals surface area (Å²) in [6, 6.07) is 0. The second-order valence-electron chi connectivity index (χ2n) is 4.77. The number of aliphatic hydroxyl groups is 3. The maximum absolute atomic E-state index is 9.87. The van der Waals surface area contributed by atoms with E-state index in [0.29, 0.717) is 19.3 Å². The molecular weight excluding hydrogens is 208 g/mol. The van der Waals surface area contributed by atoms with E-state index in [2.05, 4.69) is 0 Å². The maximum atomic E-state index is 9.87. The van der Waals surface area contributed by atoms with E-state index in [4.69, 9.17) is 4.74 Å². The van der Waals surface area contributed by atoms with Crippen LogP contribution in [0, 0.1) is 11.8 Å². The van der Waals surface area contributed by atoms with Gasteiger partial charge in [-0.25, -0.2) is 0 Å². The van der Waals surface area contributed by atoms with Crippen LogP contribution in [0.15, 0.2) is 12.2 Å². The maximum Gasteiger partial charge on any atom is 0.155 e. The van der Waals surface area contributed by atoms with Crippen molar-refractivity contribution in [3.05, 3.63) is 12.2 Å². The molecule has 1 aliphatic carbocycles. The van der Waals surface area contributed by atoms with E-state index in [0.717, 1.165) is 0 Å². The molecule has 3 N–H and O–H groups in total. The first kappa shape index (κ1) is 12.0. The molecule has 16 heavy (non-hydrogen) atoms. The number of aliphatic hydroxyl groups excluding tert-OH is 3. The van der Waals surface area contributed by atoms with Gasteiger partial charge in [0.2, 0.25) is 0 Å². The molecule has 0 bridgehead atoms. The predicted molar refractivity (Wildman–Crippen MR) is 58.5 cm³/mol. The van der Waals surface area contributed by atoms with E-state index in [9.17, 15) is 15.3 Å². The fourth-order valence-corrected chi connectivity index (χ4v) is 2.72. The van der Waals surface area contributed by atoms with Crippen molar-refractivity contribution in [2.75, 3.05) is 0 Å². The molecule has 1 heterocycles. The van der Waals surface area contributed by atoms with E-state index < -0.39 is 18.5 Å². The Kier molecular flexibility index (Phi) is 3.64. The summed E-state index contributed by atoms with van der Waals surface area (Å²) in [6.45, 7) is 1.91. The quantitative estimate of drug-likeness (QED) is 0.612. The molecule has 0 aromatic rings. The monoisotopic (exact) mass is 228 g/mol. The van der Waals surface area contributed by atoms with Gasteiger partial charge in [0.15, 0.2) is 6.29 Å². The Morgan fingerprint density at radius 3 is 2.81 bits per heavy atom. The summed E-state index contributed by atoms with van der Waals surface area (Å²) in [4.78, 5) is 0. The molecule has 0 amide bonds. The lowest BCUT2D eigenvalue weighted by Gasteiger charge is -2.16. The highest BCUT2D eigenvalue weighted by atomic mass is 16.6. The highest BCUT2D eigenvalue weighted by Crippen LogP contribution is 2.43. The van der Waals surface area contributed by atoms with Crippen molar-refractivity contribution in [2.24, 2.45) is 11.8 Å². The van der Waals surface area contributed by atoms with Gasteiger partial charge in [-0.3, -0.25) is 0 Å². The summed E-state index contributed by atoms with van der Waals surface area (Å²) in [5.41, 5.74) is 0. The van der Waals surface area contributed by atoms with Crippen molar-refractivity contribution in [3.8, 4) is 0 Å². The third-order valence-corrected chi connectivity index (χ3v) is 3.67. The zero-order valence-corrected chi connectivity index (χ0v) is 9.49. The highest BCUT2D eigenvalue weighted by molar-refractivity contribution is 5.06. The van der Waals surface area contributed by atoms with Crippen LogP contribution >= 0.6 is 0 Å². The first-order valence-corrected chi connectivity index (χ1v) is 5.99. The molecular formula is C12H20O4. The number of hydrogen-bond donors (Lipinski definition) is 3. The lowest BCUT2D eigenvalue weighted by molar-refractivity contribution is -0.0949. The van der Waals surface area contributed by atoms with Gasteiger partial charge in [-0.15, -0.1) is 0 Å². The Bertz CT molecular complexity index is 266. The van der Waals surface area contributed by atoms with Crippen LogP contribution in [0.5, 0.6) is 0 Å². The first-order chi connectivity index (χ1) is 7.61. The Morgan fingerprint density at radius 1 is 1.38 bits per heavy atom. The van der Waals surface area contributed by atoms with Crippen LogP contribution in [0.3, 0.4) is 0 Å². The molecule has 2 aliphatic rings. The zero-order chi connectivity index (χ0) is 11.7. The van der Waals surface area contributed by atoms with Crippen molar-refractivity contribution < 1.29 is 20.1 Å². The molecule has 4 heteroatoms. The minimum Gasteiger partial charge on any atom is -0.392 e. The summed E-state index contributed by atoms with van der Waals surface area (Å²) in [7, 11) is 0. The number of ether oxygens (including phenoxy) is 1. The Balaban J connectivity index is 2.00. The van der Waals surface area contributed by atoms with Crippen LogP contribution in [0.1, 0.15) is 26.2 Å². The molecule has 0 spiro atoms. The Morgan fingerprint density at radius 2 is 2.12 bits per heavy atom. The standard InChI is InChI=1S/C12H20O4/c1-2-7(13)3-4-8-9-5-12(15)16-11(9)6-10(8)14/h3-4,7-15H,2,5-6H2,1H3/b4-3+/t7-,8+,9+,10?,11-,12?/m0/s1. The van der Waals surface area contributed by atoms with Gasteiger partial charge < -0.3 is 20.1 Å². The van der Waals surface area contributed by atoms with Crippen LogP contribution in [0.25, 0.3) is 0 Å². The van der Waals surface area contributed by atoms with Gasteiger partial charge in [0.05, 0.1) is 18.3 Å². The Labute approximate surface area is 95.5 Å². The minimum absolute atomic E-state index is 0.00310. The van der Waals surface area contributed by atoms with Crippen LogP contribution in [0.2, 0.25) is 0 Å². The molecule has 1 saturated heterocycles. The summed E-state index contributed by atoms with van der Waals surface area (Å²) < 4.78 is 5.32. The number of fused-ring (bicyclic) bond motifs is 1. The van der Waals surface area contributed by atoms with E-state index in [-0.39, 0.29) is 17.9 Å². The van der Waals surface area contributed by atoms with Crippen molar-refractivity contribution in [1.29, 1.82) is 0 Å².